The van der Waals surface area contributed by atoms with Crippen molar-refractivity contribution in [3.8, 4) is 5.75 Å². The van der Waals surface area contributed by atoms with Gasteiger partial charge in [0.05, 0.1) is 13.7 Å². The molecule has 1 aliphatic rings. The van der Waals surface area contributed by atoms with Gasteiger partial charge in [0.15, 0.2) is 0 Å². The molecule has 0 radical (unpaired) electrons. The lowest BCUT2D eigenvalue weighted by molar-refractivity contribution is 0.180. The smallest absolute Gasteiger partial charge is 0.131 e. The summed E-state index contributed by atoms with van der Waals surface area (Å²) in [4.78, 5) is 0. The van der Waals surface area contributed by atoms with Crippen molar-refractivity contribution >= 4 is 0 Å². The van der Waals surface area contributed by atoms with Crippen LogP contribution >= 0.6 is 0 Å². The van der Waals surface area contributed by atoms with E-state index in [9.17, 15) is 4.39 Å². The minimum atomic E-state index is -0.307. The Kier molecular flexibility index (Phi) is 3.41. The first kappa shape index (κ1) is 11.4. The number of nitrogens with two attached hydrogens (primary N) is 1. The zero-order valence-electron chi connectivity index (χ0n) is 9.28. The van der Waals surface area contributed by atoms with Crippen LogP contribution < -0.4 is 10.5 Å². The Balaban J connectivity index is 2.19. The summed E-state index contributed by atoms with van der Waals surface area (Å²) in [5, 5.41) is 0. The highest BCUT2D eigenvalue weighted by Crippen LogP contribution is 2.29. The monoisotopic (exact) mass is 225 g/mol. The summed E-state index contributed by atoms with van der Waals surface area (Å²) in [5.41, 5.74) is 6.57. The van der Waals surface area contributed by atoms with Crippen molar-refractivity contribution in [2.45, 2.75) is 12.5 Å². The second kappa shape index (κ2) is 4.80. The molecule has 3 nitrogen and oxygen atoms in total. The molecule has 1 aromatic rings. The Morgan fingerprint density at radius 3 is 2.94 bits per heavy atom. The first-order valence-corrected chi connectivity index (χ1v) is 5.39. The molecule has 16 heavy (non-hydrogen) atoms. The van der Waals surface area contributed by atoms with Crippen molar-refractivity contribution in [2.75, 3.05) is 20.3 Å². The van der Waals surface area contributed by atoms with E-state index in [4.69, 9.17) is 15.2 Å². The lowest BCUT2D eigenvalue weighted by Gasteiger charge is -2.18. The number of hydrogen-bond donors (Lipinski definition) is 1. The van der Waals surface area contributed by atoms with Gasteiger partial charge in [-0.25, -0.2) is 4.39 Å². The molecule has 0 spiro atoms. The highest BCUT2D eigenvalue weighted by atomic mass is 19.1. The predicted octanol–water partition coefficient (Wildman–Crippen LogP) is 1.87. The Morgan fingerprint density at radius 2 is 2.38 bits per heavy atom. The first-order valence-electron chi connectivity index (χ1n) is 5.39. The van der Waals surface area contributed by atoms with Crippen LogP contribution in [0, 0.1) is 11.7 Å². The van der Waals surface area contributed by atoms with Gasteiger partial charge in [-0.15, -0.1) is 0 Å². The summed E-state index contributed by atoms with van der Waals surface area (Å²) >= 11 is 0. The number of ether oxygens (including phenoxy) is 2. The van der Waals surface area contributed by atoms with Crippen LogP contribution in [0.4, 0.5) is 4.39 Å². The van der Waals surface area contributed by atoms with Crippen LogP contribution in [0.5, 0.6) is 5.75 Å². The molecule has 0 amide bonds. The van der Waals surface area contributed by atoms with E-state index >= 15 is 0 Å². The van der Waals surface area contributed by atoms with Gasteiger partial charge in [-0.2, -0.15) is 0 Å². The fourth-order valence-corrected chi connectivity index (χ4v) is 2.00. The molecule has 1 aromatic carbocycles. The first-order chi connectivity index (χ1) is 7.72. The molecule has 0 bridgehead atoms. The maximum atomic E-state index is 13.7. The maximum Gasteiger partial charge on any atom is 0.131 e. The van der Waals surface area contributed by atoms with E-state index in [2.05, 4.69) is 0 Å². The van der Waals surface area contributed by atoms with Crippen LogP contribution in [0.25, 0.3) is 0 Å². The molecule has 1 fully saturated rings. The van der Waals surface area contributed by atoms with E-state index in [-0.39, 0.29) is 17.8 Å². The molecule has 2 unspecified atom stereocenters. The second-order valence-electron chi connectivity index (χ2n) is 4.04. The van der Waals surface area contributed by atoms with E-state index < -0.39 is 0 Å². The zero-order valence-corrected chi connectivity index (χ0v) is 9.28. The lowest BCUT2D eigenvalue weighted by Crippen LogP contribution is -2.22. The molecule has 0 aliphatic carbocycles. The normalized spacial score (nSPS) is 22.1. The Morgan fingerprint density at radius 1 is 1.56 bits per heavy atom. The summed E-state index contributed by atoms with van der Waals surface area (Å²) in [6.45, 7) is 1.34. The van der Waals surface area contributed by atoms with E-state index in [1.165, 1.54) is 13.2 Å². The van der Waals surface area contributed by atoms with Crippen molar-refractivity contribution < 1.29 is 13.9 Å². The van der Waals surface area contributed by atoms with Crippen LogP contribution in [0.2, 0.25) is 0 Å². The summed E-state index contributed by atoms with van der Waals surface area (Å²) in [6, 6.07) is 4.49. The molecule has 1 saturated heterocycles. The van der Waals surface area contributed by atoms with Gasteiger partial charge in [0, 0.05) is 30.2 Å². The molecule has 1 heterocycles. The minimum Gasteiger partial charge on any atom is -0.497 e. The van der Waals surface area contributed by atoms with Crippen molar-refractivity contribution in [3.05, 3.63) is 29.6 Å². The fourth-order valence-electron chi connectivity index (χ4n) is 2.00. The van der Waals surface area contributed by atoms with E-state index in [0.717, 1.165) is 13.0 Å². The molecule has 88 valence electrons. The number of methoxy groups -OCH3 is 1. The number of rotatable bonds is 3. The maximum absolute atomic E-state index is 13.7. The number of halogens is 1. The Bertz CT molecular complexity index is 364. The van der Waals surface area contributed by atoms with Gasteiger partial charge in [0.1, 0.15) is 11.6 Å². The van der Waals surface area contributed by atoms with E-state index in [1.807, 2.05) is 0 Å². The summed E-state index contributed by atoms with van der Waals surface area (Å²) in [5.74, 6) is 0.415. The van der Waals surface area contributed by atoms with Crippen molar-refractivity contribution in [2.24, 2.45) is 11.7 Å². The number of benzene rings is 1. The van der Waals surface area contributed by atoms with Crippen LogP contribution in [0.3, 0.4) is 0 Å². The Labute approximate surface area is 94.3 Å². The van der Waals surface area contributed by atoms with Crippen LogP contribution in [0.1, 0.15) is 18.0 Å². The van der Waals surface area contributed by atoms with Crippen LogP contribution in [-0.2, 0) is 4.74 Å². The standard InChI is InChI=1S/C12H16FNO2/c1-15-9-2-3-10(11(13)6-9)12(14)8-4-5-16-7-8/h2-3,6,8,12H,4-5,7,14H2,1H3. The van der Waals surface area contributed by atoms with Gasteiger partial charge in [-0.05, 0) is 12.5 Å². The van der Waals surface area contributed by atoms with Gasteiger partial charge >= 0.3 is 0 Å². The highest BCUT2D eigenvalue weighted by Gasteiger charge is 2.26. The third kappa shape index (κ3) is 2.18. The topological polar surface area (TPSA) is 44.5 Å². The predicted molar refractivity (Wildman–Crippen MR) is 58.8 cm³/mol. The molecular weight excluding hydrogens is 209 g/mol. The number of hydrogen-bond acceptors (Lipinski definition) is 3. The largest absolute Gasteiger partial charge is 0.497 e. The van der Waals surface area contributed by atoms with Gasteiger partial charge in [0.2, 0.25) is 0 Å². The van der Waals surface area contributed by atoms with E-state index in [0.29, 0.717) is 17.9 Å². The zero-order chi connectivity index (χ0) is 11.5. The fraction of sp³-hybridized carbons (Fsp3) is 0.500. The Hall–Kier alpha value is -1.13. The van der Waals surface area contributed by atoms with Gasteiger partial charge < -0.3 is 15.2 Å². The second-order valence-corrected chi connectivity index (χ2v) is 4.04. The molecule has 0 saturated carbocycles. The van der Waals surface area contributed by atoms with Crippen LogP contribution in [-0.4, -0.2) is 20.3 Å². The summed E-state index contributed by atoms with van der Waals surface area (Å²) in [6.07, 6.45) is 0.895. The van der Waals surface area contributed by atoms with Gasteiger partial charge in [-0.3, -0.25) is 0 Å². The molecule has 4 heteroatoms. The van der Waals surface area contributed by atoms with Gasteiger partial charge in [0.25, 0.3) is 0 Å². The SMILES string of the molecule is COc1ccc(C(N)C2CCOC2)c(F)c1. The third-order valence-corrected chi connectivity index (χ3v) is 3.04. The molecule has 2 atom stereocenters. The third-order valence-electron chi connectivity index (χ3n) is 3.04. The highest BCUT2D eigenvalue weighted by molar-refractivity contribution is 5.31. The summed E-state index contributed by atoms with van der Waals surface area (Å²) in [7, 11) is 1.51. The lowest BCUT2D eigenvalue weighted by atomic mass is 9.93. The quantitative estimate of drug-likeness (QED) is 0.854. The average Bonchev–Trinajstić information content (AvgIpc) is 2.81. The van der Waals surface area contributed by atoms with Crippen LogP contribution in [0.15, 0.2) is 18.2 Å². The van der Waals surface area contributed by atoms with Gasteiger partial charge in [-0.1, -0.05) is 6.07 Å². The average molecular weight is 225 g/mol. The molecule has 1 aliphatic heterocycles. The van der Waals surface area contributed by atoms with E-state index in [1.54, 1.807) is 12.1 Å². The van der Waals surface area contributed by atoms with Crippen molar-refractivity contribution in [1.29, 1.82) is 0 Å². The molecule has 2 rings (SSSR count). The minimum absolute atomic E-state index is 0.211. The molecule has 0 aromatic heterocycles. The van der Waals surface area contributed by atoms with Crippen molar-refractivity contribution in [3.63, 3.8) is 0 Å². The van der Waals surface area contributed by atoms with Crippen molar-refractivity contribution in [1.82, 2.24) is 0 Å². The molecule has 2 N–H and O–H groups in total. The molecular formula is C12H16FNO2. The summed E-state index contributed by atoms with van der Waals surface area (Å²) < 4.78 is 23.9.